The zero-order valence-electron chi connectivity index (χ0n) is 10.4. The molecule has 0 unspecified atom stereocenters. The molecule has 0 spiro atoms. The minimum Gasteiger partial charge on any atom is -0.288 e. The van der Waals surface area contributed by atoms with Crippen molar-refractivity contribution in [1.29, 1.82) is 0 Å². The van der Waals surface area contributed by atoms with Crippen LogP contribution in [0.2, 0.25) is 0 Å². The standard InChI is InChI=1S/C8HN5O10/c14-7-1-2(8(15)9-7)4(11(18)19)6(13(22)23)5(12(20)21)3(1)10(16)17/h(H,9,14,15). The van der Waals surface area contributed by atoms with Crippen LogP contribution in [0.25, 0.3) is 0 Å². The molecular formula is C8HN5O10. The number of imide groups is 1. The number of benzene rings is 1. The SMILES string of the molecule is O=C1NC(=O)c2c1c([N+](=O)[O-])c([N+](=O)[O-])c([N+](=O)[O-])c2[N+](=O)[O-]. The normalized spacial score (nSPS) is 12.5. The first-order valence-electron chi connectivity index (χ1n) is 5.26. The number of rotatable bonds is 4. The molecule has 0 fully saturated rings. The fraction of sp³-hybridized carbons (Fsp3) is 0. The Kier molecular flexibility index (Phi) is 3.17. The van der Waals surface area contributed by atoms with E-state index in [1.807, 2.05) is 0 Å². The second-order valence-electron chi connectivity index (χ2n) is 3.96. The van der Waals surface area contributed by atoms with Gasteiger partial charge >= 0.3 is 22.7 Å². The van der Waals surface area contributed by atoms with Gasteiger partial charge in [-0.25, -0.2) is 0 Å². The lowest BCUT2D eigenvalue weighted by Gasteiger charge is -2.02. The molecule has 15 nitrogen and oxygen atoms in total. The molecule has 1 aromatic carbocycles. The van der Waals surface area contributed by atoms with Crippen molar-refractivity contribution >= 4 is 34.6 Å². The van der Waals surface area contributed by atoms with E-state index in [2.05, 4.69) is 0 Å². The topological polar surface area (TPSA) is 219 Å². The van der Waals surface area contributed by atoms with Crippen LogP contribution < -0.4 is 5.32 Å². The average molecular weight is 327 g/mol. The molecule has 2 rings (SSSR count). The minimum absolute atomic E-state index is 1.26. The quantitative estimate of drug-likeness (QED) is 0.449. The lowest BCUT2D eigenvalue weighted by molar-refractivity contribution is -0.452. The Morgan fingerprint density at radius 1 is 0.565 bits per heavy atom. The van der Waals surface area contributed by atoms with E-state index in [0.717, 1.165) is 0 Å². The molecule has 0 saturated heterocycles. The third-order valence-electron chi connectivity index (χ3n) is 2.81. The molecule has 0 aromatic heterocycles. The van der Waals surface area contributed by atoms with Gasteiger partial charge in [-0.2, -0.15) is 0 Å². The zero-order valence-corrected chi connectivity index (χ0v) is 10.4. The molecule has 118 valence electrons. The lowest BCUT2D eigenvalue weighted by atomic mass is 10.0. The number of nitro benzene ring substituents is 4. The highest BCUT2D eigenvalue weighted by Gasteiger charge is 2.55. The number of amides is 2. The molecule has 2 amide bonds. The molecule has 23 heavy (non-hydrogen) atoms. The molecule has 0 aliphatic carbocycles. The first-order valence-corrected chi connectivity index (χ1v) is 5.26. The summed E-state index contributed by atoms with van der Waals surface area (Å²) in [5.74, 6) is -3.00. The van der Waals surface area contributed by atoms with Gasteiger partial charge in [0.15, 0.2) is 0 Å². The molecule has 1 N–H and O–H groups in total. The largest absolute Gasteiger partial charge is 0.430 e. The van der Waals surface area contributed by atoms with Gasteiger partial charge in [0.25, 0.3) is 11.8 Å². The van der Waals surface area contributed by atoms with Crippen LogP contribution in [0.3, 0.4) is 0 Å². The number of hydrogen-bond acceptors (Lipinski definition) is 10. The van der Waals surface area contributed by atoms with Crippen molar-refractivity contribution in [3.63, 3.8) is 0 Å². The highest BCUT2D eigenvalue weighted by atomic mass is 16.7. The van der Waals surface area contributed by atoms with E-state index in [-0.39, 0.29) is 0 Å². The maximum absolute atomic E-state index is 11.6. The van der Waals surface area contributed by atoms with Crippen LogP contribution in [-0.2, 0) is 0 Å². The Labute approximate surface area is 122 Å². The predicted molar refractivity (Wildman–Crippen MR) is 64.9 cm³/mol. The second kappa shape index (κ2) is 4.76. The Hall–Kier alpha value is -4.04. The first-order chi connectivity index (χ1) is 10.6. The predicted octanol–water partition coefficient (Wildman–Crippen LogP) is 0.203. The van der Waals surface area contributed by atoms with E-state index < -0.39 is 65.4 Å². The molecule has 0 saturated carbocycles. The van der Waals surface area contributed by atoms with Crippen molar-refractivity contribution in [3.8, 4) is 0 Å². The third kappa shape index (κ3) is 1.99. The molecule has 1 aromatic rings. The summed E-state index contributed by atoms with van der Waals surface area (Å²) in [6, 6.07) is 0. The summed E-state index contributed by atoms with van der Waals surface area (Å²) in [6.45, 7) is 0. The van der Waals surface area contributed by atoms with Crippen molar-refractivity contribution in [2.75, 3.05) is 0 Å². The number of nitrogens with zero attached hydrogens (tertiary/aromatic N) is 4. The Morgan fingerprint density at radius 3 is 1.04 bits per heavy atom. The van der Waals surface area contributed by atoms with Crippen LogP contribution in [0.5, 0.6) is 0 Å². The number of carbonyl (C=O) groups excluding carboxylic acids is 2. The van der Waals surface area contributed by atoms with Crippen LogP contribution in [0, 0.1) is 40.5 Å². The van der Waals surface area contributed by atoms with Crippen molar-refractivity contribution in [2.24, 2.45) is 0 Å². The summed E-state index contributed by atoms with van der Waals surface area (Å²) < 4.78 is 0. The smallest absolute Gasteiger partial charge is 0.288 e. The molecule has 0 bridgehead atoms. The molecule has 15 heteroatoms. The van der Waals surface area contributed by atoms with E-state index in [4.69, 9.17) is 0 Å². The lowest BCUT2D eigenvalue weighted by Crippen LogP contribution is -2.20. The molecule has 0 radical (unpaired) electrons. The summed E-state index contributed by atoms with van der Waals surface area (Å²) in [4.78, 5) is 60.9. The number of hydrogen-bond donors (Lipinski definition) is 1. The van der Waals surface area contributed by atoms with Gasteiger partial charge in [0, 0.05) is 0 Å². The third-order valence-corrected chi connectivity index (χ3v) is 2.81. The van der Waals surface area contributed by atoms with Crippen LogP contribution in [-0.4, -0.2) is 31.5 Å². The minimum atomic E-state index is -1.85. The van der Waals surface area contributed by atoms with Gasteiger partial charge in [0.05, 0.1) is 19.7 Å². The van der Waals surface area contributed by atoms with E-state index in [9.17, 15) is 50.0 Å². The van der Waals surface area contributed by atoms with Crippen LogP contribution in [0.1, 0.15) is 20.7 Å². The van der Waals surface area contributed by atoms with Crippen LogP contribution in [0.4, 0.5) is 22.7 Å². The summed E-state index contributed by atoms with van der Waals surface area (Å²) in [5.41, 5.74) is -9.55. The van der Waals surface area contributed by atoms with Gasteiger partial charge in [-0.05, 0) is 0 Å². The van der Waals surface area contributed by atoms with Gasteiger partial charge in [0.1, 0.15) is 11.1 Å². The number of fused-ring (bicyclic) bond motifs is 1. The fourth-order valence-electron chi connectivity index (χ4n) is 2.07. The number of carbonyl (C=O) groups is 2. The zero-order chi connectivity index (χ0) is 17.6. The maximum atomic E-state index is 11.6. The van der Waals surface area contributed by atoms with E-state index in [0.29, 0.717) is 0 Å². The Bertz CT molecular complexity index is 789. The van der Waals surface area contributed by atoms with Crippen molar-refractivity contribution in [2.45, 2.75) is 0 Å². The number of nitro groups is 4. The molecule has 1 aliphatic heterocycles. The van der Waals surface area contributed by atoms with E-state index in [1.54, 1.807) is 0 Å². The van der Waals surface area contributed by atoms with Crippen molar-refractivity contribution < 1.29 is 29.3 Å². The van der Waals surface area contributed by atoms with Gasteiger partial charge in [-0.3, -0.25) is 55.4 Å². The van der Waals surface area contributed by atoms with Gasteiger partial charge < -0.3 is 0 Å². The summed E-state index contributed by atoms with van der Waals surface area (Å²) in [6.07, 6.45) is 0. The first kappa shape index (κ1) is 15.4. The maximum Gasteiger partial charge on any atom is 0.430 e. The summed E-state index contributed by atoms with van der Waals surface area (Å²) in [7, 11) is 0. The monoisotopic (exact) mass is 327 g/mol. The fourth-order valence-corrected chi connectivity index (χ4v) is 2.07. The van der Waals surface area contributed by atoms with E-state index in [1.165, 1.54) is 5.32 Å². The average Bonchev–Trinajstić information content (AvgIpc) is 2.70. The van der Waals surface area contributed by atoms with Crippen LogP contribution in [0.15, 0.2) is 0 Å². The van der Waals surface area contributed by atoms with E-state index >= 15 is 0 Å². The van der Waals surface area contributed by atoms with Gasteiger partial charge in [-0.15, -0.1) is 0 Å². The molecule has 0 atom stereocenters. The second-order valence-corrected chi connectivity index (χ2v) is 3.96. The highest BCUT2D eigenvalue weighted by Crippen LogP contribution is 2.49. The highest BCUT2D eigenvalue weighted by molar-refractivity contribution is 6.26. The van der Waals surface area contributed by atoms with Gasteiger partial charge in [0.2, 0.25) is 0 Å². The molecular weight excluding hydrogens is 326 g/mol. The van der Waals surface area contributed by atoms with Gasteiger partial charge in [-0.1, -0.05) is 0 Å². The number of nitrogens with one attached hydrogen (secondary N) is 1. The van der Waals surface area contributed by atoms with Crippen molar-refractivity contribution in [1.82, 2.24) is 5.32 Å². The Balaban J connectivity index is 3.23. The summed E-state index contributed by atoms with van der Waals surface area (Å²) in [5, 5.41) is 45.4. The summed E-state index contributed by atoms with van der Waals surface area (Å²) >= 11 is 0. The van der Waals surface area contributed by atoms with Crippen LogP contribution >= 0.6 is 0 Å². The Morgan fingerprint density at radius 2 is 0.826 bits per heavy atom. The molecule has 1 aliphatic rings. The van der Waals surface area contributed by atoms with Crippen molar-refractivity contribution in [3.05, 3.63) is 51.6 Å². The molecule has 1 heterocycles.